The van der Waals surface area contributed by atoms with Crippen LogP contribution in [0.3, 0.4) is 0 Å². The highest BCUT2D eigenvalue weighted by atomic mass is 33.1. The molecule has 1 heterocycles. The molecule has 0 unspecified atom stereocenters. The lowest BCUT2D eigenvalue weighted by Gasteiger charge is -2.22. The van der Waals surface area contributed by atoms with Gasteiger partial charge in [0.05, 0.1) is 0 Å². The molecule has 0 spiro atoms. The van der Waals surface area contributed by atoms with Crippen LogP contribution < -0.4 is 0 Å². The van der Waals surface area contributed by atoms with E-state index in [0.29, 0.717) is 0 Å². The second kappa shape index (κ2) is 3.82. The summed E-state index contributed by atoms with van der Waals surface area (Å²) in [5, 5.41) is 0. The minimum absolute atomic E-state index is 0.282. The van der Waals surface area contributed by atoms with Crippen LogP contribution >= 0.6 is 21.6 Å². The van der Waals surface area contributed by atoms with Crippen molar-refractivity contribution < 1.29 is 0 Å². The summed E-state index contributed by atoms with van der Waals surface area (Å²) in [6.45, 7) is 6.83. The SMILES string of the molecule is CC(C)(C)c1ccc2c(c1)CSSC2. The third-order valence-corrected chi connectivity index (χ3v) is 4.82. The van der Waals surface area contributed by atoms with Gasteiger partial charge in [-0.1, -0.05) is 60.6 Å². The van der Waals surface area contributed by atoms with Crippen LogP contribution in [0.15, 0.2) is 18.2 Å². The Morgan fingerprint density at radius 3 is 2.29 bits per heavy atom. The molecule has 0 N–H and O–H groups in total. The molecule has 76 valence electrons. The van der Waals surface area contributed by atoms with Crippen molar-refractivity contribution in [2.24, 2.45) is 0 Å². The first-order chi connectivity index (χ1) is 6.57. The molecule has 14 heavy (non-hydrogen) atoms. The number of hydrogen-bond donors (Lipinski definition) is 0. The maximum absolute atomic E-state index is 2.39. The zero-order valence-electron chi connectivity index (χ0n) is 8.96. The number of fused-ring (bicyclic) bond motifs is 1. The zero-order chi connectivity index (χ0) is 10.2. The fraction of sp³-hybridized carbons (Fsp3) is 0.500. The second-order valence-electron chi connectivity index (χ2n) is 4.76. The van der Waals surface area contributed by atoms with E-state index in [1.165, 1.54) is 22.6 Å². The molecule has 1 aliphatic heterocycles. The van der Waals surface area contributed by atoms with Crippen LogP contribution in [0.25, 0.3) is 0 Å². The van der Waals surface area contributed by atoms with Crippen molar-refractivity contribution in [1.82, 2.24) is 0 Å². The number of benzene rings is 1. The van der Waals surface area contributed by atoms with Gasteiger partial charge in [0.1, 0.15) is 0 Å². The van der Waals surface area contributed by atoms with E-state index in [1.807, 2.05) is 21.6 Å². The smallest absolute Gasteiger partial charge is 0.0292 e. The topological polar surface area (TPSA) is 0 Å². The molecule has 0 radical (unpaired) electrons. The monoisotopic (exact) mass is 224 g/mol. The van der Waals surface area contributed by atoms with Crippen LogP contribution in [0.2, 0.25) is 0 Å². The van der Waals surface area contributed by atoms with Crippen molar-refractivity contribution >= 4 is 21.6 Å². The summed E-state index contributed by atoms with van der Waals surface area (Å²) >= 11 is 0. The molecule has 0 aliphatic carbocycles. The summed E-state index contributed by atoms with van der Waals surface area (Å²) < 4.78 is 0. The van der Waals surface area contributed by atoms with E-state index in [-0.39, 0.29) is 5.41 Å². The lowest BCUT2D eigenvalue weighted by atomic mass is 9.85. The van der Waals surface area contributed by atoms with Gasteiger partial charge in [-0.3, -0.25) is 0 Å². The van der Waals surface area contributed by atoms with Gasteiger partial charge >= 0.3 is 0 Å². The summed E-state index contributed by atoms with van der Waals surface area (Å²) in [6, 6.07) is 6.99. The summed E-state index contributed by atoms with van der Waals surface area (Å²) in [6.07, 6.45) is 0. The lowest BCUT2D eigenvalue weighted by Crippen LogP contribution is -2.12. The lowest BCUT2D eigenvalue weighted by molar-refractivity contribution is 0.589. The molecule has 0 amide bonds. The summed E-state index contributed by atoms with van der Waals surface area (Å²) in [4.78, 5) is 0. The summed E-state index contributed by atoms with van der Waals surface area (Å²) in [7, 11) is 3.94. The molecule has 0 nitrogen and oxygen atoms in total. The molecule has 1 aromatic carbocycles. The van der Waals surface area contributed by atoms with Gasteiger partial charge < -0.3 is 0 Å². The van der Waals surface area contributed by atoms with Gasteiger partial charge in [0.2, 0.25) is 0 Å². The zero-order valence-corrected chi connectivity index (χ0v) is 10.6. The Bertz CT molecular complexity index is 337. The number of hydrogen-bond acceptors (Lipinski definition) is 2. The van der Waals surface area contributed by atoms with Crippen LogP contribution in [0, 0.1) is 0 Å². The summed E-state index contributed by atoms with van der Waals surface area (Å²) in [5.41, 5.74) is 4.82. The van der Waals surface area contributed by atoms with E-state index in [4.69, 9.17) is 0 Å². The molecule has 0 saturated carbocycles. The fourth-order valence-electron chi connectivity index (χ4n) is 1.58. The quantitative estimate of drug-likeness (QED) is 0.600. The van der Waals surface area contributed by atoms with Crippen LogP contribution in [-0.2, 0) is 16.9 Å². The van der Waals surface area contributed by atoms with Gasteiger partial charge in [0, 0.05) is 11.5 Å². The molecule has 0 atom stereocenters. The first-order valence-corrected chi connectivity index (χ1v) is 7.43. The molecule has 0 aromatic heterocycles. The van der Waals surface area contributed by atoms with E-state index in [1.54, 1.807) is 5.56 Å². The highest BCUT2D eigenvalue weighted by Gasteiger charge is 2.17. The Labute approximate surface area is 94.3 Å². The van der Waals surface area contributed by atoms with Crippen molar-refractivity contribution in [3.63, 3.8) is 0 Å². The van der Waals surface area contributed by atoms with Gasteiger partial charge in [0.25, 0.3) is 0 Å². The number of rotatable bonds is 0. The standard InChI is InChI=1S/C12H16S2/c1-12(2,3)11-5-4-9-7-13-14-8-10(9)6-11/h4-6H,7-8H2,1-3H3. The van der Waals surface area contributed by atoms with Gasteiger partial charge in [-0.2, -0.15) is 0 Å². The molecule has 2 rings (SSSR count). The Morgan fingerprint density at radius 2 is 1.64 bits per heavy atom. The van der Waals surface area contributed by atoms with E-state index in [2.05, 4.69) is 39.0 Å². The van der Waals surface area contributed by atoms with Crippen LogP contribution in [0.4, 0.5) is 0 Å². The molecule has 0 fully saturated rings. The highest BCUT2D eigenvalue weighted by molar-refractivity contribution is 8.76. The van der Waals surface area contributed by atoms with Gasteiger partial charge in [-0.25, -0.2) is 0 Å². The minimum Gasteiger partial charge on any atom is -0.0890 e. The largest absolute Gasteiger partial charge is 0.0890 e. The van der Waals surface area contributed by atoms with E-state index < -0.39 is 0 Å². The van der Waals surface area contributed by atoms with Gasteiger partial charge in [-0.05, 0) is 22.1 Å². The molecule has 0 saturated heterocycles. The maximum Gasteiger partial charge on any atom is 0.0292 e. The third-order valence-electron chi connectivity index (χ3n) is 2.58. The van der Waals surface area contributed by atoms with Crippen LogP contribution in [0.5, 0.6) is 0 Å². The van der Waals surface area contributed by atoms with E-state index in [0.717, 1.165) is 0 Å². The van der Waals surface area contributed by atoms with E-state index >= 15 is 0 Å². The fourth-order valence-corrected chi connectivity index (χ4v) is 3.81. The third kappa shape index (κ3) is 2.12. The molecule has 1 aliphatic rings. The Hall–Kier alpha value is -0.0800. The average Bonchev–Trinajstić information content (AvgIpc) is 2.16. The normalized spacial score (nSPS) is 16.5. The van der Waals surface area contributed by atoms with Crippen molar-refractivity contribution in [2.45, 2.75) is 37.7 Å². The minimum atomic E-state index is 0.282. The highest BCUT2D eigenvalue weighted by Crippen LogP contribution is 2.38. The van der Waals surface area contributed by atoms with E-state index in [9.17, 15) is 0 Å². The van der Waals surface area contributed by atoms with Crippen molar-refractivity contribution in [1.29, 1.82) is 0 Å². The molecular formula is C12H16S2. The first kappa shape index (κ1) is 10.4. The van der Waals surface area contributed by atoms with Gasteiger partial charge in [0.15, 0.2) is 0 Å². The van der Waals surface area contributed by atoms with Crippen molar-refractivity contribution in [2.75, 3.05) is 0 Å². The second-order valence-corrected chi connectivity index (χ2v) is 7.22. The van der Waals surface area contributed by atoms with Crippen molar-refractivity contribution in [3.05, 3.63) is 34.9 Å². The Kier molecular flexibility index (Phi) is 2.85. The Morgan fingerprint density at radius 1 is 1.00 bits per heavy atom. The van der Waals surface area contributed by atoms with Crippen molar-refractivity contribution in [3.8, 4) is 0 Å². The molecular weight excluding hydrogens is 208 g/mol. The van der Waals surface area contributed by atoms with Crippen LogP contribution in [0.1, 0.15) is 37.5 Å². The van der Waals surface area contributed by atoms with Gasteiger partial charge in [-0.15, -0.1) is 0 Å². The van der Waals surface area contributed by atoms with Crippen LogP contribution in [-0.4, -0.2) is 0 Å². The predicted molar refractivity (Wildman–Crippen MR) is 67.7 cm³/mol. The molecule has 0 bridgehead atoms. The molecule has 2 heteroatoms. The Balaban J connectivity index is 2.39. The molecule has 1 aromatic rings. The first-order valence-electron chi connectivity index (χ1n) is 4.94. The maximum atomic E-state index is 2.39. The average molecular weight is 224 g/mol. The predicted octanol–water partition coefficient (Wildman–Crippen LogP) is 4.38. The summed E-state index contributed by atoms with van der Waals surface area (Å²) in [5.74, 6) is 2.34.